The highest BCUT2D eigenvalue weighted by Crippen LogP contribution is 2.48. The van der Waals surface area contributed by atoms with E-state index >= 15 is 0 Å². The molecule has 24 rings (SSSR count). The van der Waals surface area contributed by atoms with Crippen LogP contribution in [0.25, 0.3) is 160 Å². The minimum Gasteiger partial charge on any atom is -0.496 e. The average Bonchev–Trinajstić information content (AvgIpc) is 1.57. The predicted molar refractivity (Wildman–Crippen MR) is 549 cm³/mol. The minimum atomic E-state index is -2.29. The molecule has 11 aromatic carbocycles. The summed E-state index contributed by atoms with van der Waals surface area (Å²) in [4.78, 5) is 35.0. The molecule has 3 aliphatic carbocycles. The molecule has 136 heavy (non-hydrogen) atoms. The van der Waals surface area contributed by atoms with Gasteiger partial charge >= 0.3 is 0 Å². The number of hydrogen-bond acceptors (Lipinski definition) is 8. The van der Waals surface area contributed by atoms with Gasteiger partial charge in [0, 0.05) is 247 Å². The number of hydrogen-bond donors (Lipinski definition) is 1. The van der Waals surface area contributed by atoms with Crippen LogP contribution in [0.1, 0.15) is 160 Å². The van der Waals surface area contributed by atoms with Crippen molar-refractivity contribution in [3.8, 4) is 5.75 Å². The molecule has 10 heterocycles. The number of Topliss-reactive ketones (excluding diaryl/α,β-unsaturated/α-hetero) is 2. The van der Waals surface area contributed by atoms with Gasteiger partial charge in [0.05, 0.1) is 66.9 Å². The number of benzene rings is 11. The quantitative estimate of drug-likeness (QED) is 0.0593. The molecule has 3 aliphatic heterocycles. The van der Waals surface area contributed by atoms with Gasteiger partial charge in [-0.05, 0) is 225 Å². The fourth-order valence-electron chi connectivity index (χ4n) is 22.4. The zero-order valence-corrected chi connectivity index (χ0v) is 78.3. The molecule has 7 aromatic heterocycles. The van der Waals surface area contributed by atoms with Crippen LogP contribution in [0.2, 0.25) is 0 Å². The van der Waals surface area contributed by atoms with Crippen LogP contribution in [-0.4, -0.2) is 125 Å². The van der Waals surface area contributed by atoms with Crippen molar-refractivity contribution in [1.29, 1.82) is 0 Å². The van der Waals surface area contributed by atoms with Crippen LogP contribution in [0.5, 0.6) is 5.75 Å². The monoisotopic (exact) mass is 1820 g/mol. The van der Waals surface area contributed by atoms with Crippen LogP contribution in [-0.2, 0) is 78.0 Å². The number of ether oxygens (including phenoxy) is 1. The first-order valence-electron chi connectivity index (χ1n) is 47.8. The molecule has 0 fully saturated rings. The molecule has 0 saturated carbocycles. The Hall–Kier alpha value is -13.9. The third-order valence-electron chi connectivity index (χ3n) is 28.6. The first kappa shape index (κ1) is 91.3. The standard InChI is InChI=1S/C22H23NO2.C21H21FN2O.C19H18F2N2.C18H15F2NO.C18H18FN3.C18H19N/c1-5-10-23-19-9-8-15-13(2)6-7-16(15)22(19)18-11-17(14(3)24)21(25-4)12-20(18)23;1-15-16-7-8-20-21(17(16)9-12-23(15)13-14-25)18-5-2-3-6-19(18)24(20)11-4-10-22;1-12-13-7-8-17-19(15(13)11-22(12)2)14-5-3-4-6-16(14)23(17)10-9-18(20)21;19-9-2-10-21-14-4-1-3-13(20)18(14)17-12-6-8-16(22)11(12)5-7-15(17)21;1-12-13-6-7-15-17(14(13)11-21(12)2)18-16(5-3-9-20-18)22(15)10-4-8-19;1-2-12-19-16-9-4-3-7-15(16)18-14-8-5-6-13(14)10-11-17(18)19/h8-9,11-12H,2,5-7,10H2,1,3-4H3;2-3,5-9,12,25H,1,4,10-11,13-14H2;3-8,18H,1,9-11H2,2H3;1,3-5,7H,2,6,8-10H2;3,5-7,9H,1,4,8,10-11H2,2H3;3-4,7,9-11H,2,5-6,8,12H2,1H3. The molecule has 0 unspecified atom stereocenters. The molecular weight excluding hydrogens is 1710 g/mol. The van der Waals surface area contributed by atoms with E-state index in [0.29, 0.717) is 87.1 Å². The molecule has 18 aromatic rings. The summed E-state index contributed by atoms with van der Waals surface area (Å²) in [5.74, 6) is 0.528. The van der Waals surface area contributed by atoms with Crippen molar-refractivity contribution in [3.63, 3.8) is 0 Å². The topological polar surface area (TPSA) is 116 Å². The van der Waals surface area contributed by atoms with Gasteiger partial charge in [-0.2, -0.15) is 0 Å². The fraction of sp³-hybridized carbons (Fsp3) is 0.284. The van der Waals surface area contributed by atoms with Crippen molar-refractivity contribution in [2.24, 2.45) is 0 Å². The summed E-state index contributed by atoms with van der Waals surface area (Å²) >= 11 is 0. The summed E-state index contributed by atoms with van der Waals surface area (Å²) in [6, 6.07) is 63.7. The number of fused-ring (bicyclic) bond motifs is 30. The molecule has 1 N–H and O–H groups in total. The number of carbonyl (C=O) groups excluding carboxylic acids is 2. The number of carbonyl (C=O) groups is 2. The second-order valence-corrected chi connectivity index (χ2v) is 36.5. The summed E-state index contributed by atoms with van der Waals surface area (Å²) < 4.78 is 96.7. The largest absolute Gasteiger partial charge is 0.496 e. The molecule has 14 nitrogen and oxygen atoms in total. The maximum Gasteiger partial charge on any atom is 0.240 e. The van der Waals surface area contributed by atoms with Crippen LogP contribution >= 0.6 is 0 Å². The van der Waals surface area contributed by atoms with Gasteiger partial charge < -0.3 is 51.9 Å². The SMILES string of the molecule is C=C1CCc2c1ccc1c2c2cc(C(C)=O)c(OC)cc2n1CCC.C=C1c2ccc3c(c2C=CN1CCO)c1ccccc1n3CCCF.C=C1c2ccc3c(c2CN1C)c1ccccc1n3CCC(F)F.C=C1c2ccc3c(c2CN1C)c1ncccc1n3CCCF.CCCn1c2ccccc2c2c3c(ccc21)CCC3.O=C1CCc2c1ccc1c2c2c(F)cccc2n1CCCF. The van der Waals surface area contributed by atoms with E-state index in [-0.39, 0.29) is 43.8 Å². The molecular formula is C116H114F6N10O4. The third kappa shape index (κ3) is 15.9. The maximum absolute atomic E-state index is 14.4. The molecule has 0 amide bonds. The lowest BCUT2D eigenvalue weighted by Gasteiger charge is -2.27. The van der Waals surface area contributed by atoms with Crippen LogP contribution < -0.4 is 4.74 Å². The number of para-hydroxylation sites is 3. The number of aromatic nitrogens is 7. The van der Waals surface area contributed by atoms with Crippen molar-refractivity contribution in [2.75, 3.05) is 54.4 Å². The van der Waals surface area contributed by atoms with Crippen molar-refractivity contribution >= 4 is 171 Å². The van der Waals surface area contributed by atoms with E-state index in [2.05, 4.69) is 189 Å². The number of aliphatic hydroxyl groups is 1. The number of aliphatic hydroxyl groups excluding tert-OH is 1. The Morgan fingerprint density at radius 2 is 0.926 bits per heavy atom. The van der Waals surface area contributed by atoms with Crippen molar-refractivity contribution in [3.05, 3.63) is 305 Å². The predicted octanol–water partition coefficient (Wildman–Crippen LogP) is 27.7. The Labute approximate surface area is 787 Å². The van der Waals surface area contributed by atoms with E-state index in [1.807, 2.05) is 106 Å². The molecule has 0 atom stereocenters. The number of aryl methyl sites for hydroxylation is 10. The van der Waals surface area contributed by atoms with E-state index in [1.54, 1.807) is 31.2 Å². The highest BCUT2D eigenvalue weighted by atomic mass is 19.3. The Kier molecular flexibility index (Phi) is 25.8. The van der Waals surface area contributed by atoms with Gasteiger partial charge in [0.1, 0.15) is 11.6 Å². The molecule has 20 heteroatoms. The van der Waals surface area contributed by atoms with E-state index in [4.69, 9.17) is 4.74 Å². The number of halogens is 6. The molecule has 0 bridgehead atoms. The molecule has 0 saturated heterocycles. The van der Waals surface area contributed by atoms with Crippen LogP contribution in [0.4, 0.5) is 26.3 Å². The zero-order chi connectivity index (χ0) is 94.6. The Balaban J connectivity index is 0.000000105. The van der Waals surface area contributed by atoms with Crippen LogP contribution in [0.15, 0.2) is 227 Å². The Morgan fingerprint density at radius 1 is 0.449 bits per heavy atom. The number of allylic oxidation sites excluding steroid dienone is 1. The van der Waals surface area contributed by atoms with E-state index in [9.17, 15) is 41.0 Å². The van der Waals surface area contributed by atoms with Crippen LogP contribution in [0.3, 0.4) is 0 Å². The first-order valence-corrected chi connectivity index (χ1v) is 47.8. The second kappa shape index (κ2) is 38.5. The smallest absolute Gasteiger partial charge is 0.240 e. The normalized spacial score (nSPS) is 14.1. The number of ketones is 2. The summed E-state index contributed by atoms with van der Waals surface area (Å²) in [5.41, 5.74) is 33.9. The van der Waals surface area contributed by atoms with Crippen molar-refractivity contribution in [1.82, 2.24) is 47.1 Å². The summed E-state index contributed by atoms with van der Waals surface area (Å²) in [6.07, 6.45) is 14.2. The zero-order valence-electron chi connectivity index (χ0n) is 78.3. The fourth-order valence-corrected chi connectivity index (χ4v) is 22.4. The first-order chi connectivity index (χ1) is 66.2. The van der Waals surface area contributed by atoms with Crippen LogP contribution in [0, 0.1) is 5.82 Å². The molecule has 0 spiro atoms. The lowest BCUT2D eigenvalue weighted by Crippen LogP contribution is -2.21. The maximum atomic E-state index is 14.4. The lowest BCUT2D eigenvalue weighted by atomic mass is 9.96. The van der Waals surface area contributed by atoms with Crippen molar-refractivity contribution < 1.29 is 45.8 Å². The van der Waals surface area contributed by atoms with Gasteiger partial charge in [0.2, 0.25) is 6.43 Å². The number of β-amino-alcohol motifs (C(OH)–C–C–N with tert-alkyl or cyclic N) is 1. The number of nitrogens with zero attached hydrogens (tertiary/aromatic N) is 10. The number of alkyl halides is 5. The number of methoxy groups -OCH3 is 1. The Bertz CT molecular complexity index is 7900. The minimum absolute atomic E-state index is 0.0344. The van der Waals surface area contributed by atoms with Gasteiger partial charge in [-0.3, -0.25) is 27.7 Å². The second-order valence-electron chi connectivity index (χ2n) is 36.5. The van der Waals surface area contributed by atoms with E-state index in [0.717, 1.165) is 156 Å². The highest BCUT2D eigenvalue weighted by molar-refractivity contribution is 6.19. The van der Waals surface area contributed by atoms with Gasteiger partial charge in [0.25, 0.3) is 0 Å². The van der Waals surface area contributed by atoms with E-state index < -0.39 is 13.1 Å². The summed E-state index contributed by atoms with van der Waals surface area (Å²) in [6.45, 7) is 28.3. The molecule has 6 aliphatic rings. The lowest BCUT2D eigenvalue weighted by molar-refractivity contribution is 0.0991. The summed E-state index contributed by atoms with van der Waals surface area (Å²) in [7, 11) is 5.72. The van der Waals surface area contributed by atoms with Gasteiger partial charge in [-0.25, -0.2) is 13.2 Å². The number of rotatable bonds is 20. The molecule has 694 valence electrons. The Morgan fingerprint density at radius 3 is 1.52 bits per heavy atom. The van der Waals surface area contributed by atoms with E-state index in [1.165, 1.54) is 119 Å². The third-order valence-corrected chi connectivity index (χ3v) is 28.6. The van der Waals surface area contributed by atoms with Gasteiger partial charge in [-0.1, -0.05) is 131 Å². The average molecular weight is 1830 g/mol. The number of pyridine rings is 1. The van der Waals surface area contributed by atoms with Crippen molar-refractivity contribution in [2.45, 2.75) is 163 Å². The summed E-state index contributed by atoms with van der Waals surface area (Å²) in [5, 5.41) is 21.9. The highest BCUT2D eigenvalue weighted by Gasteiger charge is 2.32. The van der Waals surface area contributed by atoms with Gasteiger partial charge in [-0.15, -0.1) is 0 Å². The molecule has 0 radical (unpaired) electrons. The van der Waals surface area contributed by atoms with Gasteiger partial charge in [0.15, 0.2) is 11.6 Å².